The van der Waals surface area contributed by atoms with Gasteiger partial charge in [0.05, 0.1) is 19.0 Å². The first-order valence-electron chi connectivity index (χ1n) is 9.30. The van der Waals surface area contributed by atoms with Gasteiger partial charge in [0.2, 0.25) is 11.8 Å². The Morgan fingerprint density at radius 2 is 1.85 bits per heavy atom. The van der Waals surface area contributed by atoms with Gasteiger partial charge in [0, 0.05) is 13.0 Å². The van der Waals surface area contributed by atoms with Crippen LogP contribution >= 0.6 is 0 Å². The lowest BCUT2D eigenvalue weighted by atomic mass is 9.99. The smallest absolute Gasteiger partial charge is 0.305 e. The van der Waals surface area contributed by atoms with Gasteiger partial charge in [-0.25, -0.2) is 0 Å². The Morgan fingerprint density at radius 3 is 2.63 bits per heavy atom. The van der Waals surface area contributed by atoms with E-state index >= 15 is 0 Å². The van der Waals surface area contributed by atoms with Crippen molar-refractivity contribution in [3.8, 4) is 0 Å². The lowest BCUT2D eigenvalue weighted by molar-refractivity contribution is -0.139. The molecule has 1 aliphatic heterocycles. The van der Waals surface area contributed by atoms with Crippen LogP contribution in [-0.4, -0.2) is 40.9 Å². The van der Waals surface area contributed by atoms with E-state index in [1.54, 1.807) is 4.90 Å². The summed E-state index contributed by atoms with van der Waals surface area (Å²) in [6.45, 7) is 0.550. The molecular formula is C21H24N2O4. The zero-order valence-electron chi connectivity index (χ0n) is 15.2. The average molecular weight is 368 g/mol. The van der Waals surface area contributed by atoms with Gasteiger partial charge in [-0.3, -0.25) is 14.4 Å². The van der Waals surface area contributed by atoms with E-state index in [2.05, 4.69) is 5.32 Å². The van der Waals surface area contributed by atoms with Crippen molar-refractivity contribution >= 4 is 28.6 Å². The summed E-state index contributed by atoms with van der Waals surface area (Å²) >= 11 is 0. The molecule has 1 saturated heterocycles. The largest absolute Gasteiger partial charge is 0.481 e. The molecule has 1 aliphatic rings. The molecule has 2 aromatic carbocycles. The second kappa shape index (κ2) is 8.66. The van der Waals surface area contributed by atoms with E-state index in [9.17, 15) is 19.5 Å². The highest BCUT2D eigenvalue weighted by Crippen LogP contribution is 2.23. The first-order chi connectivity index (χ1) is 13.0. The number of rotatable bonds is 6. The Labute approximate surface area is 158 Å². The van der Waals surface area contributed by atoms with Gasteiger partial charge in [0.25, 0.3) is 0 Å². The highest BCUT2D eigenvalue weighted by Gasteiger charge is 2.23. The van der Waals surface area contributed by atoms with Gasteiger partial charge in [-0.1, -0.05) is 42.8 Å². The molecule has 0 bridgehead atoms. The van der Waals surface area contributed by atoms with Gasteiger partial charge in [-0.15, -0.1) is 0 Å². The first kappa shape index (κ1) is 18.9. The molecule has 1 heterocycles. The second-order valence-electron chi connectivity index (χ2n) is 6.95. The third-order valence-electron chi connectivity index (χ3n) is 4.90. The molecule has 27 heavy (non-hydrogen) atoms. The minimum absolute atomic E-state index is 0.0110. The fraction of sp³-hybridized carbons (Fsp3) is 0.381. The molecule has 0 spiro atoms. The number of benzene rings is 2. The van der Waals surface area contributed by atoms with Crippen molar-refractivity contribution in [2.24, 2.45) is 0 Å². The van der Waals surface area contributed by atoms with Gasteiger partial charge < -0.3 is 15.3 Å². The number of likely N-dealkylation sites (tertiary alicyclic amines) is 1. The summed E-state index contributed by atoms with van der Waals surface area (Å²) in [7, 11) is 0. The highest BCUT2D eigenvalue weighted by molar-refractivity contribution is 5.86. The zero-order chi connectivity index (χ0) is 19.2. The molecule has 0 unspecified atom stereocenters. The highest BCUT2D eigenvalue weighted by atomic mass is 16.4. The Morgan fingerprint density at radius 1 is 1.07 bits per heavy atom. The van der Waals surface area contributed by atoms with E-state index in [0.29, 0.717) is 13.0 Å². The molecule has 6 heteroatoms. The number of carbonyl (C=O) groups is 3. The topological polar surface area (TPSA) is 86.7 Å². The van der Waals surface area contributed by atoms with Crippen molar-refractivity contribution in [2.75, 3.05) is 13.1 Å². The summed E-state index contributed by atoms with van der Waals surface area (Å²) in [4.78, 5) is 37.5. The normalized spacial score (nSPS) is 16.0. The van der Waals surface area contributed by atoms with E-state index in [4.69, 9.17) is 0 Å². The van der Waals surface area contributed by atoms with Crippen molar-refractivity contribution < 1.29 is 19.5 Å². The second-order valence-corrected chi connectivity index (χ2v) is 6.95. The van der Waals surface area contributed by atoms with Crippen molar-refractivity contribution in [3.05, 3.63) is 48.0 Å². The fourth-order valence-corrected chi connectivity index (χ4v) is 3.47. The van der Waals surface area contributed by atoms with Crippen LogP contribution < -0.4 is 5.32 Å². The Balaban J connectivity index is 1.74. The predicted molar refractivity (Wildman–Crippen MR) is 102 cm³/mol. The van der Waals surface area contributed by atoms with Gasteiger partial charge in [0.15, 0.2) is 0 Å². The summed E-state index contributed by atoms with van der Waals surface area (Å²) in [5.74, 6) is -1.33. The minimum atomic E-state index is -0.987. The number of hydrogen-bond donors (Lipinski definition) is 2. The number of amides is 2. The minimum Gasteiger partial charge on any atom is -0.481 e. The van der Waals surface area contributed by atoms with E-state index in [-0.39, 0.29) is 24.8 Å². The van der Waals surface area contributed by atoms with Crippen LogP contribution in [0, 0.1) is 0 Å². The lowest BCUT2D eigenvalue weighted by Gasteiger charge is -2.23. The molecule has 0 aromatic heterocycles. The molecule has 0 aliphatic carbocycles. The molecule has 2 amide bonds. The van der Waals surface area contributed by atoms with Crippen LogP contribution in [0.4, 0.5) is 0 Å². The van der Waals surface area contributed by atoms with Gasteiger partial charge in [0.1, 0.15) is 0 Å². The van der Waals surface area contributed by atoms with Crippen LogP contribution in [0.3, 0.4) is 0 Å². The maximum Gasteiger partial charge on any atom is 0.305 e. The van der Waals surface area contributed by atoms with Crippen LogP contribution in [0.1, 0.15) is 43.7 Å². The van der Waals surface area contributed by atoms with Crippen LogP contribution in [0.2, 0.25) is 0 Å². The molecule has 6 nitrogen and oxygen atoms in total. The van der Waals surface area contributed by atoms with E-state index < -0.39 is 12.0 Å². The number of aliphatic carboxylic acids is 1. The third-order valence-corrected chi connectivity index (χ3v) is 4.90. The monoisotopic (exact) mass is 368 g/mol. The molecule has 142 valence electrons. The standard InChI is InChI=1S/C21H24N2O4/c24-19(14-23-11-5-1-2-8-20(23)25)22-18(13-21(26)27)17-10-9-15-6-3-4-7-16(15)12-17/h3-4,6-7,9-10,12,18H,1-2,5,8,11,13-14H2,(H,22,24)(H,26,27)/t18-/m0/s1. The molecule has 0 radical (unpaired) electrons. The molecule has 2 N–H and O–H groups in total. The Bertz CT molecular complexity index is 849. The van der Waals surface area contributed by atoms with E-state index in [1.807, 2.05) is 42.5 Å². The van der Waals surface area contributed by atoms with Crippen LogP contribution in [0.5, 0.6) is 0 Å². The lowest BCUT2D eigenvalue weighted by Crippen LogP contribution is -2.42. The summed E-state index contributed by atoms with van der Waals surface area (Å²) in [6, 6.07) is 12.8. The SMILES string of the molecule is O=C(O)C[C@H](NC(=O)CN1CCCCCC1=O)c1ccc2ccccc2c1. The van der Waals surface area contributed by atoms with Crippen molar-refractivity contribution in [3.63, 3.8) is 0 Å². The average Bonchev–Trinajstić information content (AvgIpc) is 2.85. The Kier molecular flexibility index (Phi) is 6.06. The van der Waals surface area contributed by atoms with Crippen molar-refractivity contribution in [1.82, 2.24) is 10.2 Å². The molecule has 0 saturated carbocycles. The van der Waals surface area contributed by atoms with Gasteiger partial charge in [-0.2, -0.15) is 0 Å². The van der Waals surface area contributed by atoms with Crippen LogP contribution in [0.25, 0.3) is 10.8 Å². The number of hydrogen-bond acceptors (Lipinski definition) is 3. The van der Waals surface area contributed by atoms with Crippen LogP contribution in [-0.2, 0) is 14.4 Å². The molecule has 1 atom stereocenters. The number of carboxylic acids is 1. The summed E-state index contributed by atoms with van der Waals surface area (Å²) in [6.07, 6.45) is 3.00. The summed E-state index contributed by atoms with van der Waals surface area (Å²) < 4.78 is 0. The van der Waals surface area contributed by atoms with Crippen molar-refractivity contribution in [1.29, 1.82) is 0 Å². The number of carbonyl (C=O) groups excluding carboxylic acids is 2. The fourth-order valence-electron chi connectivity index (χ4n) is 3.47. The number of nitrogens with zero attached hydrogens (tertiary/aromatic N) is 1. The van der Waals surface area contributed by atoms with E-state index in [0.717, 1.165) is 35.6 Å². The number of nitrogens with one attached hydrogen (secondary N) is 1. The van der Waals surface area contributed by atoms with E-state index in [1.165, 1.54) is 0 Å². The number of fused-ring (bicyclic) bond motifs is 1. The summed E-state index contributed by atoms with van der Waals surface area (Å²) in [5.41, 5.74) is 0.742. The number of carboxylic acid groups (broad SMARTS) is 1. The maximum absolute atomic E-state index is 12.5. The molecular weight excluding hydrogens is 344 g/mol. The zero-order valence-corrected chi connectivity index (χ0v) is 15.2. The third kappa shape index (κ3) is 5.06. The Hall–Kier alpha value is -2.89. The van der Waals surface area contributed by atoms with Gasteiger partial charge in [-0.05, 0) is 35.2 Å². The van der Waals surface area contributed by atoms with Crippen molar-refractivity contribution in [2.45, 2.75) is 38.1 Å². The molecule has 1 fully saturated rings. The summed E-state index contributed by atoms with van der Waals surface area (Å²) in [5, 5.41) is 14.1. The quantitative estimate of drug-likeness (QED) is 0.821. The molecule has 2 aromatic rings. The first-order valence-corrected chi connectivity index (χ1v) is 9.30. The molecule has 3 rings (SSSR count). The van der Waals surface area contributed by atoms with Gasteiger partial charge >= 0.3 is 5.97 Å². The maximum atomic E-state index is 12.5. The predicted octanol–water partition coefficient (Wildman–Crippen LogP) is 2.87. The van der Waals surface area contributed by atoms with Crippen LogP contribution in [0.15, 0.2) is 42.5 Å².